The van der Waals surface area contributed by atoms with Crippen LogP contribution in [-0.2, 0) is 6.54 Å². The summed E-state index contributed by atoms with van der Waals surface area (Å²) in [5.74, 6) is 1.19. The van der Waals surface area contributed by atoms with E-state index in [1.165, 1.54) is 0 Å². The average Bonchev–Trinajstić information content (AvgIpc) is 2.96. The van der Waals surface area contributed by atoms with Crippen LogP contribution in [0.1, 0.15) is 48.7 Å². The lowest BCUT2D eigenvalue weighted by Gasteiger charge is -2.12. The Labute approximate surface area is 157 Å². The maximum atomic E-state index is 6.36. The molecule has 0 fully saturated rings. The molecule has 0 aliphatic rings. The number of nitrogens with two attached hydrogens (primary N) is 1. The van der Waals surface area contributed by atoms with Gasteiger partial charge in [-0.05, 0) is 20.3 Å². The second kappa shape index (κ2) is 7.07. The third-order valence-electron chi connectivity index (χ3n) is 4.72. The van der Waals surface area contributed by atoms with Gasteiger partial charge in [-0.2, -0.15) is 10.1 Å². The zero-order chi connectivity index (χ0) is 19.0. The Morgan fingerprint density at radius 1 is 1.31 bits per heavy atom. The fourth-order valence-corrected chi connectivity index (χ4v) is 3.36. The van der Waals surface area contributed by atoms with Crippen LogP contribution in [0, 0.1) is 13.8 Å². The first-order chi connectivity index (χ1) is 12.4. The molecule has 0 aliphatic carbocycles. The van der Waals surface area contributed by atoms with Gasteiger partial charge >= 0.3 is 0 Å². The molecule has 3 heterocycles. The van der Waals surface area contributed by atoms with Crippen molar-refractivity contribution in [2.75, 3.05) is 12.8 Å². The van der Waals surface area contributed by atoms with Gasteiger partial charge < -0.3 is 10.5 Å². The maximum Gasteiger partial charge on any atom is 0.223 e. The summed E-state index contributed by atoms with van der Waals surface area (Å²) in [7, 11) is 1.66. The van der Waals surface area contributed by atoms with E-state index < -0.39 is 0 Å². The van der Waals surface area contributed by atoms with Crippen molar-refractivity contribution >= 4 is 28.6 Å². The van der Waals surface area contributed by atoms with Gasteiger partial charge in [-0.15, -0.1) is 0 Å². The largest absolute Gasteiger partial charge is 0.496 e. The Balaban J connectivity index is 2.17. The van der Waals surface area contributed by atoms with Crippen molar-refractivity contribution < 1.29 is 4.74 Å². The molecule has 1 unspecified atom stereocenters. The molecule has 0 radical (unpaired) electrons. The smallest absolute Gasteiger partial charge is 0.223 e. The summed E-state index contributed by atoms with van der Waals surface area (Å²) in [5, 5.41) is 5.86. The SMILES string of the molecule is CCC(C)c1nn(Cc2ncc(C)c(OC)c2C)c2nc(N)nc(Cl)c12. The van der Waals surface area contributed by atoms with E-state index in [0.29, 0.717) is 17.3 Å². The summed E-state index contributed by atoms with van der Waals surface area (Å²) in [4.78, 5) is 13.0. The molecule has 0 aliphatic heterocycles. The molecule has 0 amide bonds. The van der Waals surface area contributed by atoms with Gasteiger partial charge in [0.2, 0.25) is 5.95 Å². The van der Waals surface area contributed by atoms with Gasteiger partial charge in [-0.3, -0.25) is 4.98 Å². The second-order valence-corrected chi connectivity index (χ2v) is 6.83. The monoisotopic (exact) mass is 374 g/mol. The lowest BCUT2D eigenvalue weighted by atomic mass is 10.0. The van der Waals surface area contributed by atoms with Gasteiger partial charge in [0.1, 0.15) is 10.9 Å². The molecule has 3 rings (SSSR count). The minimum absolute atomic E-state index is 0.130. The first-order valence-corrected chi connectivity index (χ1v) is 8.93. The van der Waals surface area contributed by atoms with Gasteiger partial charge in [0, 0.05) is 23.2 Å². The Bertz CT molecular complexity index is 968. The molecule has 2 N–H and O–H groups in total. The highest BCUT2D eigenvalue weighted by molar-refractivity contribution is 6.34. The molecule has 0 saturated heterocycles. The van der Waals surface area contributed by atoms with E-state index in [1.807, 2.05) is 13.8 Å². The van der Waals surface area contributed by atoms with Crippen molar-refractivity contribution in [3.05, 3.63) is 33.9 Å². The minimum Gasteiger partial charge on any atom is -0.496 e. The van der Waals surface area contributed by atoms with Crippen LogP contribution in [0.25, 0.3) is 11.0 Å². The number of hydrogen-bond donors (Lipinski definition) is 1. The molecule has 7 nitrogen and oxygen atoms in total. The lowest BCUT2D eigenvalue weighted by molar-refractivity contribution is 0.406. The lowest BCUT2D eigenvalue weighted by Crippen LogP contribution is -2.09. The first-order valence-electron chi connectivity index (χ1n) is 8.55. The number of anilines is 1. The molecule has 0 spiro atoms. The maximum absolute atomic E-state index is 6.36. The average molecular weight is 375 g/mol. The topological polar surface area (TPSA) is 91.7 Å². The number of rotatable bonds is 5. The normalized spacial score (nSPS) is 12.5. The van der Waals surface area contributed by atoms with Gasteiger partial charge in [-0.1, -0.05) is 25.4 Å². The number of halogens is 1. The molecule has 3 aromatic rings. The number of nitrogens with zero attached hydrogens (tertiary/aromatic N) is 5. The van der Waals surface area contributed by atoms with Gasteiger partial charge in [0.05, 0.1) is 30.4 Å². The van der Waals surface area contributed by atoms with E-state index in [0.717, 1.165) is 40.1 Å². The van der Waals surface area contributed by atoms with E-state index in [2.05, 4.69) is 28.8 Å². The summed E-state index contributed by atoms with van der Waals surface area (Å²) >= 11 is 6.36. The third-order valence-corrected chi connectivity index (χ3v) is 4.99. The van der Waals surface area contributed by atoms with Crippen LogP contribution in [0.3, 0.4) is 0 Å². The highest BCUT2D eigenvalue weighted by Gasteiger charge is 2.21. The molecule has 0 aromatic carbocycles. The fourth-order valence-electron chi connectivity index (χ4n) is 3.09. The predicted molar refractivity (Wildman–Crippen MR) is 103 cm³/mol. The number of pyridine rings is 1. The fraction of sp³-hybridized carbons (Fsp3) is 0.444. The van der Waals surface area contributed by atoms with Crippen molar-refractivity contribution in [1.29, 1.82) is 0 Å². The van der Waals surface area contributed by atoms with E-state index in [1.54, 1.807) is 18.0 Å². The van der Waals surface area contributed by atoms with Crippen LogP contribution in [0.4, 0.5) is 5.95 Å². The quantitative estimate of drug-likeness (QED) is 0.685. The summed E-state index contributed by atoms with van der Waals surface area (Å²) in [5.41, 5.74) is 10.2. The van der Waals surface area contributed by atoms with Gasteiger partial charge in [0.15, 0.2) is 5.65 Å². The molecule has 3 aromatic heterocycles. The zero-order valence-electron chi connectivity index (χ0n) is 15.7. The number of ether oxygens (including phenoxy) is 1. The van der Waals surface area contributed by atoms with E-state index in [9.17, 15) is 0 Å². The van der Waals surface area contributed by atoms with Crippen LogP contribution in [0.2, 0.25) is 5.15 Å². The van der Waals surface area contributed by atoms with E-state index >= 15 is 0 Å². The Kier molecular flexibility index (Phi) is 5.00. The number of methoxy groups -OCH3 is 1. The van der Waals surface area contributed by atoms with E-state index in [-0.39, 0.29) is 11.9 Å². The number of aromatic nitrogens is 5. The molecule has 1 atom stereocenters. The van der Waals surface area contributed by atoms with Crippen LogP contribution < -0.4 is 10.5 Å². The predicted octanol–water partition coefficient (Wildman–Crippen LogP) is 3.64. The number of hydrogen-bond acceptors (Lipinski definition) is 6. The summed E-state index contributed by atoms with van der Waals surface area (Å²) < 4.78 is 7.30. The first kappa shape index (κ1) is 18.4. The van der Waals surface area contributed by atoms with Crippen molar-refractivity contribution in [2.24, 2.45) is 0 Å². The van der Waals surface area contributed by atoms with Crippen molar-refractivity contribution in [2.45, 2.75) is 46.6 Å². The van der Waals surface area contributed by atoms with Gasteiger partial charge in [0.25, 0.3) is 0 Å². The van der Waals surface area contributed by atoms with Gasteiger partial charge in [-0.25, -0.2) is 9.67 Å². The summed E-state index contributed by atoms with van der Waals surface area (Å²) in [6.07, 6.45) is 2.74. The Hall–Kier alpha value is -2.41. The molecular formula is C18H23ClN6O. The molecule has 8 heteroatoms. The highest BCUT2D eigenvalue weighted by Crippen LogP contribution is 2.32. The standard InChI is InChI=1S/C18H23ClN6O/c1-6-9(2)14-13-16(19)22-18(20)23-17(13)25(24-14)8-12-11(4)15(26-5)10(3)7-21-12/h7,9H,6,8H2,1-5H3,(H2,20,22,23). The Morgan fingerprint density at radius 3 is 2.69 bits per heavy atom. The van der Waals surface area contributed by atoms with E-state index in [4.69, 9.17) is 27.2 Å². The minimum atomic E-state index is 0.130. The number of fused-ring (bicyclic) bond motifs is 1. The van der Waals surface area contributed by atoms with Crippen molar-refractivity contribution in [3.63, 3.8) is 0 Å². The molecule has 26 heavy (non-hydrogen) atoms. The van der Waals surface area contributed by atoms with Crippen LogP contribution in [0.5, 0.6) is 5.75 Å². The highest BCUT2D eigenvalue weighted by atomic mass is 35.5. The second-order valence-electron chi connectivity index (χ2n) is 6.47. The number of aryl methyl sites for hydroxylation is 1. The van der Waals surface area contributed by atoms with Crippen LogP contribution in [0.15, 0.2) is 6.20 Å². The molecule has 0 bridgehead atoms. The zero-order valence-corrected chi connectivity index (χ0v) is 16.4. The molecule has 138 valence electrons. The molecule has 0 saturated carbocycles. The number of nitrogen functional groups attached to an aromatic ring is 1. The Morgan fingerprint density at radius 2 is 2.04 bits per heavy atom. The van der Waals surface area contributed by atoms with Crippen molar-refractivity contribution in [1.82, 2.24) is 24.7 Å². The van der Waals surface area contributed by atoms with Crippen molar-refractivity contribution in [3.8, 4) is 5.75 Å². The summed E-state index contributed by atoms with van der Waals surface area (Å²) in [6.45, 7) is 8.63. The van der Waals surface area contributed by atoms with Crippen LogP contribution in [-0.4, -0.2) is 31.8 Å². The summed E-state index contributed by atoms with van der Waals surface area (Å²) in [6, 6.07) is 0. The third kappa shape index (κ3) is 3.07. The molecular weight excluding hydrogens is 352 g/mol. The van der Waals surface area contributed by atoms with Crippen LogP contribution >= 0.6 is 11.6 Å².